The Balaban J connectivity index is 1.56. The maximum Gasteiger partial charge on any atom is 0.263 e. The molecule has 7 nitrogen and oxygen atoms in total. The van der Waals surface area contributed by atoms with Crippen LogP contribution in [0.25, 0.3) is 0 Å². The lowest BCUT2D eigenvalue weighted by atomic mass is 9.63. The van der Waals surface area contributed by atoms with Crippen LogP contribution in [0.2, 0.25) is 5.02 Å². The predicted octanol–water partition coefficient (Wildman–Crippen LogP) is 7.02. The van der Waals surface area contributed by atoms with Crippen molar-refractivity contribution in [2.45, 2.75) is 71.0 Å². The van der Waals surface area contributed by atoms with Gasteiger partial charge < -0.3 is 14.5 Å². The van der Waals surface area contributed by atoms with Crippen LogP contribution in [0.4, 0.5) is 5.69 Å². The minimum absolute atomic E-state index is 0.0846. The van der Waals surface area contributed by atoms with Crippen molar-refractivity contribution in [2.75, 3.05) is 38.7 Å². The van der Waals surface area contributed by atoms with Crippen molar-refractivity contribution in [3.05, 3.63) is 70.3 Å². The lowest BCUT2D eigenvalue weighted by molar-refractivity contribution is -0.135. The number of anilines is 1. The zero-order valence-corrected chi connectivity index (χ0v) is 29.7. The molecule has 2 amide bonds. The van der Waals surface area contributed by atoms with Crippen LogP contribution in [0.5, 0.6) is 5.75 Å². The molecule has 1 fully saturated rings. The zero-order valence-electron chi connectivity index (χ0n) is 28.1. The van der Waals surface area contributed by atoms with Crippen LogP contribution in [0, 0.1) is 29.6 Å². The highest BCUT2D eigenvalue weighted by molar-refractivity contribution is 7.84. The smallest absolute Gasteiger partial charge is 0.263 e. The molecule has 1 N–H and O–H groups in total. The molecule has 9 heteroatoms. The summed E-state index contributed by atoms with van der Waals surface area (Å²) in [7, 11) is 2.11. The van der Waals surface area contributed by atoms with E-state index in [4.69, 9.17) is 16.3 Å². The fourth-order valence-corrected chi connectivity index (χ4v) is 8.63. The van der Waals surface area contributed by atoms with Gasteiger partial charge in [-0.15, -0.1) is 0 Å². The summed E-state index contributed by atoms with van der Waals surface area (Å²) < 4.78 is 22.6. The average molecular weight is 668 g/mol. The minimum atomic E-state index is -1.55. The van der Waals surface area contributed by atoms with E-state index in [1.807, 2.05) is 39.2 Å². The first-order chi connectivity index (χ1) is 22.0. The van der Waals surface area contributed by atoms with E-state index in [-0.39, 0.29) is 40.7 Å². The predicted molar refractivity (Wildman–Crippen MR) is 188 cm³/mol. The van der Waals surface area contributed by atoms with Gasteiger partial charge in [-0.1, -0.05) is 57.0 Å². The van der Waals surface area contributed by atoms with Crippen LogP contribution in [-0.4, -0.2) is 60.0 Å². The van der Waals surface area contributed by atoms with E-state index in [2.05, 4.69) is 54.7 Å². The molecule has 2 aliphatic heterocycles. The highest BCUT2D eigenvalue weighted by atomic mass is 35.5. The highest BCUT2D eigenvalue weighted by Gasteiger charge is 2.42. The first kappa shape index (κ1) is 34.5. The second-order valence-corrected chi connectivity index (χ2v) is 15.8. The minimum Gasteiger partial charge on any atom is -0.491 e. The lowest BCUT2D eigenvalue weighted by Crippen LogP contribution is -2.45. The number of ether oxygens (including phenoxy) is 1. The Hall–Kier alpha value is -2.84. The van der Waals surface area contributed by atoms with Gasteiger partial charge in [0.15, 0.2) is 0 Å². The van der Waals surface area contributed by atoms with E-state index in [0.717, 1.165) is 61.7 Å². The quantitative estimate of drug-likeness (QED) is 0.347. The molecule has 3 aliphatic rings. The van der Waals surface area contributed by atoms with Gasteiger partial charge in [-0.05, 0) is 97.7 Å². The molecule has 2 bridgehead atoms. The highest BCUT2D eigenvalue weighted by Crippen LogP contribution is 2.46. The van der Waals surface area contributed by atoms with Crippen molar-refractivity contribution in [3.8, 4) is 5.75 Å². The largest absolute Gasteiger partial charge is 0.491 e. The number of halogens is 1. The molecular formula is C37H50ClN3O4S. The number of nitrogens with one attached hydrogen (secondary N) is 1. The maximum absolute atomic E-state index is 13.4. The van der Waals surface area contributed by atoms with E-state index in [0.29, 0.717) is 24.0 Å². The number of allylic oxidation sites excluding steroid dienone is 2. The van der Waals surface area contributed by atoms with Crippen molar-refractivity contribution in [1.82, 2.24) is 9.62 Å². The van der Waals surface area contributed by atoms with Crippen molar-refractivity contribution >= 4 is 40.1 Å². The van der Waals surface area contributed by atoms with Crippen LogP contribution in [-0.2, 0) is 22.2 Å². The monoisotopic (exact) mass is 667 g/mol. The van der Waals surface area contributed by atoms with E-state index >= 15 is 0 Å². The molecule has 46 heavy (non-hydrogen) atoms. The molecule has 0 spiro atoms. The molecule has 7 unspecified atom stereocenters. The third-order valence-electron chi connectivity index (χ3n) is 10.5. The first-order valence-electron chi connectivity index (χ1n) is 16.9. The number of rotatable bonds is 5. The maximum atomic E-state index is 13.4. The molecular weight excluding hydrogens is 618 g/mol. The first-order valence-corrected chi connectivity index (χ1v) is 18.5. The van der Waals surface area contributed by atoms with Crippen LogP contribution in [0.1, 0.15) is 80.8 Å². The summed E-state index contributed by atoms with van der Waals surface area (Å²) in [6.45, 7) is 10.3. The zero-order chi connectivity index (χ0) is 33.1. The van der Waals surface area contributed by atoms with Gasteiger partial charge in [0.05, 0.1) is 17.5 Å². The summed E-state index contributed by atoms with van der Waals surface area (Å²) in [6.07, 6.45) is 9.28. The number of benzene rings is 2. The van der Waals surface area contributed by atoms with Gasteiger partial charge in [-0.3, -0.25) is 14.3 Å². The van der Waals surface area contributed by atoms with Gasteiger partial charge in [-0.2, -0.15) is 0 Å². The number of amides is 2. The van der Waals surface area contributed by atoms with E-state index in [9.17, 15) is 13.8 Å². The van der Waals surface area contributed by atoms with Gasteiger partial charge in [0.25, 0.3) is 5.91 Å². The number of carbonyl (C=O) groups is 2. The molecule has 2 aromatic carbocycles. The molecule has 250 valence electrons. The SMILES string of the molecule is CCCc1cc(Cl)ccc1C1COc2ccc3cc2N(C1)CC1CCC1C([C@H](C)C(=O)N(C)C)/C=C/CC(C)C(C)S(=O)NC3=O. The third-order valence-corrected chi connectivity index (χ3v) is 12.3. The normalized spacial score (nSPS) is 29.7. The van der Waals surface area contributed by atoms with Crippen molar-refractivity contribution in [1.29, 1.82) is 0 Å². The fraction of sp³-hybridized carbons (Fsp3) is 0.568. The molecule has 2 heterocycles. The van der Waals surface area contributed by atoms with Crippen LogP contribution in [0.3, 0.4) is 0 Å². The Kier molecular flexibility index (Phi) is 11.2. The second kappa shape index (κ2) is 14.9. The van der Waals surface area contributed by atoms with Crippen LogP contribution >= 0.6 is 11.6 Å². The average Bonchev–Trinajstić information content (AvgIpc) is 3.20. The Morgan fingerprint density at radius 3 is 2.63 bits per heavy atom. The van der Waals surface area contributed by atoms with E-state index < -0.39 is 11.0 Å². The second-order valence-electron chi connectivity index (χ2n) is 13.9. The standard InChI is InChI=1S/C37H50ClN3O4S/c1-7-9-26-18-30(38)14-16-32(26)29-21-41-20-28-12-15-33(28)31(24(3)37(43)40(5)6)11-8-10-23(2)25(4)46(44)39-36(42)27-13-17-35(45-22-29)34(41)19-27/h8,11,13-14,16-19,23-25,28-29,31,33H,7,9-10,12,15,20-22H2,1-6H3,(H,39,42)/b11-8+/t23?,24-,25?,28?,29?,31?,33?,46?/m0/s1. The molecule has 0 radical (unpaired) electrons. The van der Waals surface area contributed by atoms with Gasteiger partial charge in [0, 0.05) is 49.6 Å². The summed E-state index contributed by atoms with van der Waals surface area (Å²) in [6, 6.07) is 11.8. The summed E-state index contributed by atoms with van der Waals surface area (Å²) in [5, 5.41) is 0.500. The number of aryl methyl sites for hydroxylation is 1. The number of hydrogen-bond acceptors (Lipinski definition) is 5. The Morgan fingerprint density at radius 1 is 1.15 bits per heavy atom. The Bertz CT molecular complexity index is 1480. The summed E-state index contributed by atoms with van der Waals surface area (Å²) in [5.41, 5.74) is 3.85. The van der Waals surface area contributed by atoms with E-state index in [1.165, 1.54) is 11.1 Å². The number of fused-ring (bicyclic) bond motifs is 2. The lowest BCUT2D eigenvalue weighted by Gasteiger charge is -2.46. The van der Waals surface area contributed by atoms with Crippen LogP contribution in [0.15, 0.2) is 48.6 Å². The fourth-order valence-electron chi connectivity index (χ4n) is 7.41. The van der Waals surface area contributed by atoms with Crippen molar-refractivity contribution in [2.24, 2.45) is 29.6 Å². The Morgan fingerprint density at radius 2 is 1.93 bits per heavy atom. The van der Waals surface area contributed by atoms with Gasteiger partial charge in [0.1, 0.15) is 16.7 Å². The molecule has 2 aromatic rings. The molecule has 5 rings (SSSR count). The number of carbonyl (C=O) groups excluding carboxylic acids is 2. The Labute approximate surface area is 282 Å². The summed E-state index contributed by atoms with van der Waals surface area (Å²) in [4.78, 5) is 30.8. The summed E-state index contributed by atoms with van der Waals surface area (Å²) >= 11 is 6.44. The van der Waals surface area contributed by atoms with Gasteiger partial charge in [0.2, 0.25) is 5.91 Å². The molecule has 8 atom stereocenters. The molecule has 1 saturated carbocycles. The van der Waals surface area contributed by atoms with Crippen LogP contribution < -0.4 is 14.4 Å². The van der Waals surface area contributed by atoms with E-state index in [1.54, 1.807) is 11.0 Å². The number of nitrogens with zero attached hydrogens (tertiary/aromatic N) is 2. The van der Waals surface area contributed by atoms with Crippen molar-refractivity contribution in [3.63, 3.8) is 0 Å². The number of hydrogen-bond donors (Lipinski definition) is 1. The topological polar surface area (TPSA) is 79.0 Å². The van der Waals surface area contributed by atoms with Crippen molar-refractivity contribution < 1.29 is 18.5 Å². The van der Waals surface area contributed by atoms with Gasteiger partial charge >= 0.3 is 0 Å². The third kappa shape index (κ3) is 7.49. The summed E-state index contributed by atoms with van der Waals surface area (Å²) in [5.74, 6) is 1.43. The van der Waals surface area contributed by atoms with Gasteiger partial charge in [-0.25, -0.2) is 4.21 Å². The molecule has 0 aromatic heterocycles. The molecule has 1 aliphatic carbocycles. The molecule has 0 saturated heterocycles.